The van der Waals surface area contributed by atoms with E-state index in [0.29, 0.717) is 0 Å². The van der Waals surface area contributed by atoms with Crippen molar-refractivity contribution in [1.29, 1.82) is 0 Å². The van der Waals surface area contributed by atoms with E-state index in [1.807, 2.05) is 12.3 Å². The molecule has 0 unspecified atom stereocenters. The smallest absolute Gasteiger partial charge is 0.0972 e. The lowest BCUT2D eigenvalue weighted by Crippen LogP contribution is -2.24. The highest BCUT2D eigenvalue weighted by atomic mass is 15.3. The normalized spacial score (nSPS) is 13.0. The number of nitrogens with zero attached hydrogens (tertiary/aromatic N) is 6. The van der Waals surface area contributed by atoms with Gasteiger partial charge in [-0.3, -0.25) is 4.98 Å². The molecule has 4 heterocycles. The van der Waals surface area contributed by atoms with Gasteiger partial charge in [0, 0.05) is 48.0 Å². The van der Waals surface area contributed by atoms with Crippen LogP contribution in [-0.2, 0) is 0 Å². The van der Waals surface area contributed by atoms with Crippen molar-refractivity contribution >= 4 is 111 Å². The maximum atomic E-state index is 5.62. The molecule has 6 heteroatoms. The molecular formula is C62H42N6. The minimum Gasteiger partial charge on any atom is -0.341 e. The van der Waals surface area contributed by atoms with E-state index < -0.39 is 0 Å². The van der Waals surface area contributed by atoms with E-state index in [4.69, 9.17) is 9.97 Å². The van der Waals surface area contributed by atoms with Crippen LogP contribution in [0.3, 0.4) is 0 Å². The molecule has 0 aliphatic carbocycles. The Morgan fingerprint density at radius 1 is 0.324 bits per heavy atom. The third kappa shape index (κ3) is 5.64. The summed E-state index contributed by atoms with van der Waals surface area (Å²) in [5, 5.41) is 9.08. The van der Waals surface area contributed by atoms with Gasteiger partial charge in [0.15, 0.2) is 0 Å². The monoisotopic (exact) mass is 870 g/mol. The number of anilines is 10. The Bertz CT molecular complexity index is 3970. The Kier molecular flexibility index (Phi) is 8.31. The Hall–Kier alpha value is -9.00. The van der Waals surface area contributed by atoms with Crippen LogP contribution >= 0.6 is 0 Å². The number of hydrogen-bond donors (Lipinski definition) is 0. The lowest BCUT2D eigenvalue weighted by molar-refractivity contribution is 1.13. The Morgan fingerprint density at radius 2 is 0.765 bits per heavy atom. The second kappa shape index (κ2) is 14.8. The molecule has 0 fully saturated rings. The first kappa shape index (κ1) is 38.3. The molecule has 0 radical (unpaired) electrons. The number of hydrogen-bond acceptors (Lipinski definition) is 6. The summed E-state index contributed by atoms with van der Waals surface area (Å²) < 4.78 is 0. The zero-order valence-electron chi connectivity index (χ0n) is 37.5. The molecule has 0 saturated carbocycles. The van der Waals surface area contributed by atoms with Gasteiger partial charge in [0.1, 0.15) is 0 Å². The van der Waals surface area contributed by atoms with Crippen molar-refractivity contribution < 1.29 is 0 Å². The van der Waals surface area contributed by atoms with Gasteiger partial charge < -0.3 is 19.6 Å². The molecule has 68 heavy (non-hydrogen) atoms. The van der Waals surface area contributed by atoms with Gasteiger partial charge in [-0.1, -0.05) is 121 Å². The van der Waals surface area contributed by atoms with Crippen LogP contribution in [0.25, 0.3) is 76.5 Å². The molecule has 0 saturated heterocycles. The topological polar surface area (TPSA) is 38.7 Å². The summed E-state index contributed by atoms with van der Waals surface area (Å²) in [6.07, 6.45) is 1.87. The van der Waals surface area contributed by atoms with E-state index in [1.165, 1.54) is 16.3 Å². The molecule has 14 rings (SSSR count). The van der Waals surface area contributed by atoms with Crippen LogP contribution in [0.2, 0.25) is 0 Å². The molecule has 2 aliphatic heterocycles. The summed E-state index contributed by atoms with van der Waals surface area (Å²) in [6.45, 7) is 0. The van der Waals surface area contributed by atoms with Crippen molar-refractivity contribution in [3.05, 3.63) is 219 Å². The summed E-state index contributed by atoms with van der Waals surface area (Å²) in [6, 6.07) is 77.4. The van der Waals surface area contributed by atoms with E-state index in [9.17, 15) is 0 Å². The van der Waals surface area contributed by atoms with Gasteiger partial charge in [-0.2, -0.15) is 0 Å². The highest BCUT2D eigenvalue weighted by molar-refractivity contribution is 6.23. The molecule has 6 nitrogen and oxygen atoms in total. The largest absolute Gasteiger partial charge is 0.341 e. The summed E-state index contributed by atoms with van der Waals surface area (Å²) in [5.74, 6) is 0. The van der Waals surface area contributed by atoms with Crippen LogP contribution < -0.4 is 19.6 Å². The maximum absolute atomic E-state index is 5.62. The Labute approximate surface area is 393 Å². The summed E-state index contributed by atoms with van der Waals surface area (Å²) >= 11 is 0. The van der Waals surface area contributed by atoms with Gasteiger partial charge >= 0.3 is 0 Å². The molecule has 2 aliphatic rings. The fourth-order valence-electron chi connectivity index (χ4n) is 11.1. The van der Waals surface area contributed by atoms with E-state index in [1.54, 1.807) is 0 Å². The molecule has 0 N–H and O–H groups in total. The summed E-state index contributed by atoms with van der Waals surface area (Å²) in [7, 11) is 4.32. The maximum Gasteiger partial charge on any atom is 0.0972 e. The number of aromatic nitrogens is 2. The second-order valence-electron chi connectivity index (χ2n) is 17.9. The van der Waals surface area contributed by atoms with Gasteiger partial charge in [-0.15, -0.1) is 0 Å². The van der Waals surface area contributed by atoms with Gasteiger partial charge in [0.25, 0.3) is 0 Å². The van der Waals surface area contributed by atoms with Crippen LogP contribution in [0.1, 0.15) is 0 Å². The van der Waals surface area contributed by atoms with E-state index >= 15 is 0 Å². The summed E-state index contributed by atoms with van der Waals surface area (Å²) in [5.41, 5.74) is 17.4. The predicted molar refractivity (Wildman–Crippen MR) is 286 cm³/mol. The minimum absolute atomic E-state index is 0.890. The third-order valence-electron chi connectivity index (χ3n) is 14.3. The molecule has 0 amide bonds. The van der Waals surface area contributed by atoms with Crippen molar-refractivity contribution in [2.45, 2.75) is 0 Å². The Morgan fingerprint density at radius 3 is 1.34 bits per heavy atom. The van der Waals surface area contributed by atoms with Gasteiger partial charge in [0.2, 0.25) is 0 Å². The van der Waals surface area contributed by atoms with E-state index in [-0.39, 0.29) is 0 Å². The van der Waals surface area contributed by atoms with Crippen molar-refractivity contribution in [1.82, 2.24) is 9.97 Å². The molecule has 10 aromatic carbocycles. The standard InChI is InChI=1S/C62H42N6/c1-65-51-17-5-9-21-55(51)67(56-22-10-6-18-52(56)65)44-31-33-47-48(37-44)59(43-28-25-39-14-3-4-15-42(39)36-43)46-32-30-45(68-57-23-11-7-19-53(57)66(2)54-20-8-12-24-58(54)68)38-49(46)60(47)50-34-29-41-27-26-40-16-13-35-63-61(40)62(41)64-50/h3-38H,1-2H3. The van der Waals surface area contributed by atoms with Crippen molar-refractivity contribution in [3.8, 4) is 22.4 Å². The van der Waals surface area contributed by atoms with Crippen LogP contribution in [0.4, 0.5) is 56.9 Å². The van der Waals surface area contributed by atoms with Gasteiger partial charge in [-0.25, -0.2) is 4.98 Å². The fraction of sp³-hybridized carbons (Fsp3) is 0.0323. The summed E-state index contributed by atoms with van der Waals surface area (Å²) in [4.78, 5) is 20.0. The average molecular weight is 871 g/mol. The van der Waals surface area contributed by atoms with Crippen LogP contribution in [0.15, 0.2) is 219 Å². The fourth-order valence-corrected chi connectivity index (χ4v) is 11.1. The first-order valence-electron chi connectivity index (χ1n) is 23.2. The highest BCUT2D eigenvalue weighted by Crippen LogP contribution is 2.55. The zero-order valence-corrected chi connectivity index (χ0v) is 37.5. The lowest BCUT2D eigenvalue weighted by Gasteiger charge is -2.39. The van der Waals surface area contributed by atoms with Crippen LogP contribution in [0, 0.1) is 0 Å². The average Bonchev–Trinajstić information content (AvgIpc) is 3.40. The SMILES string of the molecule is CN1c2ccccc2N(c2ccc3c(-c4ccc5ccc6cccnc6c5n4)c4cc(N5c6ccccc6N(C)c6ccccc65)ccc4c(-c4ccc5ccccc5c4)c3c2)c2ccccc21. The molecule has 0 atom stereocenters. The third-order valence-corrected chi connectivity index (χ3v) is 14.3. The first-order valence-corrected chi connectivity index (χ1v) is 23.2. The van der Waals surface area contributed by atoms with Crippen molar-refractivity contribution in [2.75, 3.05) is 33.7 Å². The van der Waals surface area contributed by atoms with Crippen LogP contribution in [0.5, 0.6) is 0 Å². The van der Waals surface area contributed by atoms with Gasteiger partial charge in [-0.05, 0) is 134 Å². The number of rotatable bonds is 4. The van der Waals surface area contributed by atoms with Crippen LogP contribution in [-0.4, -0.2) is 24.1 Å². The van der Waals surface area contributed by atoms with E-state index in [0.717, 1.165) is 117 Å². The minimum atomic E-state index is 0.890. The molecule has 12 aromatic rings. The highest BCUT2D eigenvalue weighted by Gasteiger charge is 2.30. The first-order chi connectivity index (χ1) is 33.6. The van der Waals surface area contributed by atoms with Crippen molar-refractivity contribution in [3.63, 3.8) is 0 Å². The predicted octanol–water partition coefficient (Wildman–Crippen LogP) is 16.7. The molecule has 0 bridgehead atoms. The van der Waals surface area contributed by atoms with Gasteiger partial charge in [0.05, 0.1) is 62.2 Å². The number of benzene rings is 10. The molecular weight excluding hydrogens is 829 g/mol. The van der Waals surface area contributed by atoms with Crippen molar-refractivity contribution in [2.24, 2.45) is 0 Å². The van der Waals surface area contributed by atoms with E-state index in [2.05, 4.69) is 240 Å². The number of para-hydroxylation sites is 8. The number of pyridine rings is 2. The zero-order chi connectivity index (χ0) is 45.0. The Balaban J connectivity index is 1.12. The quantitative estimate of drug-likeness (QED) is 0.130. The number of fused-ring (bicyclic) bond motifs is 10. The molecule has 320 valence electrons. The molecule has 2 aromatic heterocycles. The lowest BCUT2D eigenvalue weighted by atomic mass is 9.85. The molecule has 0 spiro atoms. The second-order valence-corrected chi connectivity index (χ2v) is 17.9.